The molecule has 0 spiro atoms. The molecule has 2 aromatic carbocycles. The van der Waals surface area contributed by atoms with Crippen LogP contribution in [-0.2, 0) is 6.54 Å². The lowest BCUT2D eigenvalue weighted by Crippen LogP contribution is -2.44. The Morgan fingerprint density at radius 2 is 1.76 bits per heavy atom. The van der Waals surface area contributed by atoms with Gasteiger partial charge in [0.2, 0.25) is 0 Å². The minimum atomic E-state index is 0.0853. The van der Waals surface area contributed by atoms with Crippen molar-refractivity contribution >= 4 is 38.9 Å². The van der Waals surface area contributed by atoms with Crippen molar-refractivity contribution in [3.05, 3.63) is 69.6 Å². The van der Waals surface area contributed by atoms with Gasteiger partial charge in [-0.25, -0.2) is 0 Å². The molecule has 0 unspecified atom stereocenters. The highest BCUT2D eigenvalue weighted by atomic mass is 35.5. The molecule has 5 heteroatoms. The molecule has 1 amide bonds. The number of rotatable bonds is 6. The molecule has 1 N–H and O–H groups in total. The molecule has 2 aliphatic carbocycles. The first-order valence-electron chi connectivity index (χ1n) is 12.9. The molecule has 0 saturated heterocycles. The van der Waals surface area contributed by atoms with Crippen molar-refractivity contribution in [3.63, 3.8) is 0 Å². The average Bonchev–Trinajstić information content (AvgIpc) is 3.24. The number of fused-ring (bicyclic) bond motifs is 1. The average molecular weight is 495 g/mol. The van der Waals surface area contributed by atoms with Crippen LogP contribution >= 0.6 is 22.9 Å². The van der Waals surface area contributed by atoms with Crippen molar-refractivity contribution in [1.29, 1.82) is 0 Å². The Balaban J connectivity index is 1.44. The van der Waals surface area contributed by atoms with Crippen LogP contribution in [0.4, 0.5) is 0 Å². The van der Waals surface area contributed by atoms with E-state index in [0.717, 1.165) is 35.8 Å². The first-order valence-corrected chi connectivity index (χ1v) is 14.1. The Kier molecular flexibility index (Phi) is 7.58. The van der Waals surface area contributed by atoms with Crippen LogP contribution in [0.5, 0.6) is 0 Å². The van der Waals surface area contributed by atoms with E-state index in [1.807, 2.05) is 25.2 Å². The molecule has 0 aliphatic heterocycles. The molecule has 2 fully saturated rings. The van der Waals surface area contributed by atoms with Gasteiger partial charge in [-0.15, -0.1) is 11.3 Å². The van der Waals surface area contributed by atoms with Crippen molar-refractivity contribution < 1.29 is 4.79 Å². The summed E-state index contributed by atoms with van der Waals surface area (Å²) in [4.78, 5) is 16.8. The number of thiophene rings is 1. The van der Waals surface area contributed by atoms with Crippen molar-refractivity contribution in [2.45, 2.75) is 82.3 Å². The SMILES string of the molecule is CNC1CCC(N(Cc2cccc(C3CCCCC3)c2)C(=O)c2sc3ccccc3c2Cl)CC1. The van der Waals surface area contributed by atoms with Crippen LogP contribution in [0, 0.1) is 0 Å². The van der Waals surface area contributed by atoms with E-state index in [2.05, 4.69) is 40.5 Å². The number of benzene rings is 2. The molecule has 2 aliphatic rings. The second kappa shape index (κ2) is 10.8. The molecule has 2 saturated carbocycles. The summed E-state index contributed by atoms with van der Waals surface area (Å²) in [6.07, 6.45) is 10.9. The molecular weight excluding hydrogens is 460 g/mol. The van der Waals surface area contributed by atoms with Crippen molar-refractivity contribution in [3.8, 4) is 0 Å². The zero-order chi connectivity index (χ0) is 23.5. The summed E-state index contributed by atoms with van der Waals surface area (Å²) in [6.45, 7) is 0.652. The van der Waals surface area contributed by atoms with Gasteiger partial charge in [0.1, 0.15) is 4.88 Å². The quantitative estimate of drug-likeness (QED) is 0.379. The van der Waals surface area contributed by atoms with E-state index < -0.39 is 0 Å². The number of halogens is 1. The fourth-order valence-electron chi connectivity index (χ4n) is 5.90. The largest absolute Gasteiger partial charge is 0.331 e. The Morgan fingerprint density at radius 3 is 2.50 bits per heavy atom. The predicted molar refractivity (Wildman–Crippen MR) is 144 cm³/mol. The summed E-state index contributed by atoms with van der Waals surface area (Å²) in [5.41, 5.74) is 2.69. The van der Waals surface area contributed by atoms with E-state index in [0.29, 0.717) is 28.4 Å². The second-order valence-electron chi connectivity index (χ2n) is 10.0. The first-order chi connectivity index (χ1) is 16.6. The van der Waals surface area contributed by atoms with E-state index in [9.17, 15) is 4.79 Å². The van der Waals surface area contributed by atoms with E-state index in [1.54, 1.807) is 0 Å². The molecule has 5 rings (SSSR count). The number of hydrogen-bond acceptors (Lipinski definition) is 3. The maximum atomic E-state index is 14.0. The van der Waals surface area contributed by atoms with E-state index >= 15 is 0 Å². The zero-order valence-corrected chi connectivity index (χ0v) is 21.6. The van der Waals surface area contributed by atoms with Crippen molar-refractivity contribution in [2.24, 2.45) is 0 Å². The Hall–Kier alpha value is -1.88. The number of amides is 1. The van der Waals surface area contributed by atoms with Crippen LogP contribution in [-0.4, -0.2) is 29.9 Å². The highest BCUT2D eigenvalue weighted by Crippen LogP contribution is 2.38. The Bertz CT molecular complexity index is 1130. The van der Waals surface area contributed by atoms with Crippen molar-refractivity contribution in [1.82, 2.24) is 10.2 Å². The van der Waals surface area contributed by atoms with Crippen LogP contribution in [0.25, 0.3) is 10.1 Å². The molecule has 1 heterocycles. The van der Waals surface area contributed by atoms with Gasteiger partial charge < -0.3 is 10.2 Å². The first kappa shape index (κ1) is 23.8. The fourth-order valence-corrected chi connectivity index (χ4v) is 7.37. The van der Waals surface area contributed by atoms with Gasteiger partial charge in [-0.1, -0.05) is 73.3 Å². The number of carbonyl (C=O) groups excluding carboxylic acids is 1. The Labute approximate surface area is 212 Å². The molecule has 1 aromatic heterocycles. The number of nitrogens with zero attached hydrogens (tertiary/aromatic N) is 1. The molecule has 3 nitrogen and oxygen atoms in total. The molecule has 0 bridgehead atoms. The van der Waals surface area contributed by atoms with Crippen LogP contribution < -0.4 is 5.32 Å². The number of hydrogen-bond donors (Lipinski definition) is 1. The normalized spacial score (nSPS) is 21.6. The van der Waals surface area contributed by atoms with E-state index in [4.69, 9.17) is 11.6 Å². The molecule has 180 valence electrons. The van der Waals surface area contributed by atoms with Gasteiger partial charge in [-0.3, -0.25) is 4.79 Å². The topological polar surface area (TPSA) is 32.3 Å². The predicted octanol–water partition coefficient (Wildman–Crippen LogP) is 7.78. The monoisotopic (exact) mass is 494 g/mol. The van der Waals surface area contributed by atoms with Crippen LogP contribution in [0.3, 0.4) is 0 Å². The molecule has 0 atom stereocenters. The van der Waals surface area contributed by atoms with Gasteiger partial charge in [0, 0.05) is 28.7 Å². The molecular formula is C29H35ClN2OS. The highest BCUT2D eigenvalue weighted by molar-refractivity contribution is 7.21. The molecule has 3 aromatic rings. The zero-order valence-electron chi connectivity index (χ0n) is 20.1. The number of carbonyl (C=O) groups is 1. The standard InChI is InChI=1S/C29H35ClN2OS/c1-31-23-14-16-24(17-15-23)32(29(33)28-27(30)25-12-5-6-13-26(25)34-28)19-20-8-7-11-22(18-20)21-9-3-2-4-10-21/h5-8,11-13,18,21,23-24,31H,2-4,9-10,14-17,19H2,1H3. The van der Waals surface area contributed by atoms with Crippen LogP contribution in [0.2, 0.25) is 5.02 Å². The van der Waals surface area contributed by atoms with Gasteiger partial charge in [0.15, 0.2) is 0 Å². The van der Waals surface area contributed by atoms with Gasteiger partial charge in [-0.2, -0.15) is 0 Å². The van der Waals surface area contributed by atoms with E-state index in [-0.39, 0.29) is 11.9 Å². The highest BCUT2D eigenvalue weighted by Gasteiger charge is 2.31. The third-order valence-electron chi connectivity index (χ3n) is 7.92. The summed E-state index contributed by atoms with van der Waals surface area (Å²) >= 11 is 8.29. The van der Waals surface area contributed by atoms with Crippen molar-refractivity contribution in [2.75, 3.05) is 7.05 Å². The summed E-state index contributed by atoms with van der Waals surface area (Å²) in [7, 11) is 2.04. The Morgan fingerprint density at radius 1 is 1.00 bits per heavy atom. The lowest BCUT2D eigenvalue weighted by Gasteiger charge is -2.37. The number of nitrogens with one attached hydrogen (secondary N) is 1. The molecule has 34 heavy (non-hydrogen) atoms. The molecule has 0 radical (unpaired) electrons. The maximum absolute atomic E-state index is 14.0. The minimum absolute atomic E-state index is 0.0853. The smallest absolute Gasteiger partial charge is 0.266 e. The summed E-state index contributed by atoms with van der Waals surface area (Å²) in [5.74, 6) is 0.753. The lowest BCUT2D eigenvalue weighted by atomic mass is 9.83. The van der Waals surface area contributed by atoms with Gasteiger partial charge in [0.05, 0.1) is 5.02 Å². The third kappa shape index (κ3) is 5.05. The van der Waals surface area contributed by atoms with Crippen LogP contribution in [0.1, 0.15) is 84.5 Å². The van der Waals surface area contributed by atoms with Gasteiger partial charge in [-0.05, 0) is 68.7 Å². The summed E-state index contributed by atoms with van der Waals surface area (Å²) in [5, 5.41) is 5.01. The summed E-state index contributed by atoms with van der Waals surface area (Å²) < 4.78 is 1.08. The third-order valence-corrected chi connectivity index (χ3v) is 9.58. The minimum Gasteiger partial charge on any atom is -0.331 e. The summed E-state index contributed by atoms with van der Waals surface area (Å²) in [6, 6.07) is 17.9. The fraction of sp³-hybridized carbons (Fsp3) is 0.483. The van der Waals surface area contributed by atoms with Crippen LogP contribution in [0.15, 0.2) is 48.5 Å². The maximum Gasteiger partial charge on any atom is 0.266 e. The second-order valence-corrected chi connectivity index (χ2v) is 11.5. The van der Waals surface area contributed by atoms with Gasteiger partial charge >= 0.3 is 0 Å². The lowest BCUT2D eigenvalue weighted by molar-refractivity contribution is 0.0606. The van der Waals surface area contributed by atoms with E-state index in [1.165, 1.54) is 54.6 Å². The van der Waals surface area contributed by atoms with Gasteiger partial charge in [0.25, 0.3) is 5.91 Å².